The minimum atomic E-state index is -1.40. The van der Waals surface area contributed by atoms with E-state index in [9.17, 15) is 19.8 Å². The molecule has 7 heteroatoms. The first-order chi connectivity index (χ1) is 10.8. The first kappa shape index (κ1) is 15.4. The van der Waals surface area contributed by atoms with Gasteiger partial charge in [-0.3, -0.25) is 14.7 Å². The third kappa shape index (κ3) is 2.43. The van der Waals surface area contributed by atoms with Crippen LogP contribution in [-0.2, 0) is 16.0 Å². The molecule has 1 aromatic carbocycles. The Labute approximate surface area is 131 Å². The second kappa shape index (κ2) is 5.27. The summed E-state index contributed by atoms with van der Waals surface area (Å²) in [5.41, 5.74) is -0.253. The molecule has 0 fully saturated rings. The number of benzene rings is 1. The molecule has 1 heterocycles. The summed E-state index contributed by atoms with van der Waals surface area (Å²) in [6.45, 7) is 1.54. The number of hydrogen-bond acceptors (Lipinski definition) is 5. The van der Waals surface area contributed by atoms with Crippen molar-refractivity contribution in [1.29, 1.82) is 0 Å². The Morgan fingerprint density at radius 3 is 2.78 bits per heavy atom. The van der Waals surface area contributed by atoms with Gasteiger partial charge in [-0.1, -0.05) is 12.1 Å². The zero-order valence-corrected chi connectivity index (χ0v) is 12.8. The van der Waals surface area contributed by atoms with Crippen LogP contribution in [0, 0.1) is 5.92 Å². The van der Waals surface area contributed by atoms with Gasteiger partial charge in [-0.25, -0.2) is 0 Å². The molecule has 23 heavy (non-hydrogen) atoms. The molecule has 0 aliphatic heterocycles. The van der Waals surface area contributed by atoms with E-state index in [2.05, 4.69) is 10.2 Å². The number of carbonyl (C=O) groups is 1. The number of H-pyrrole nitrogens is 2. The number of rotatable bonds is 2. The lowest BCUT2D eigenvalue weighted by Crippen LogP contribution is -2.49. The summed E-state index contributed by atoms with van der Waals surface area (Å²) >= 11 is 0. The van der Waals surface area contributed by atoms with Gasteiger partial charge in [0.2, 0.25) is 0 Å². The maximum Gasteiger partial charge on any atom is 0.312 e. The highest BCUT2D eigenvalue weighted by molar-refractivity contribution is 5.77. The number of phenolic OH excluding ortho intramolecular Hbond substituents is 1. The SMILES string of the molecule is COC(=O)C1C(c2cccc(O)c2)c2c([nH][nH]c2=O)CC1(C)O. The van der Waals surface area contributed by atoms with Crippen LogP contribution in [0.2, 0.25) is 0 Å². The monoisotopic (exact) mass is 318 g/mol. The normalized spacial score (nSPS) is 26.6. The van der Waals surface area contributed by atoms with Crippen molar-refractivity contribution in [2.24, 2.45) is 5.92 Å². The molecule has 1 aliphatic carbocycles. The van der Waals surface area contributed by atoms with E-state index in [1.165, 1.54) is 19.2 Å². The minimum Gasteiger partial charge on any atom is -0.508 e. The predicted molar refractivity (Wildman–Crippen MR) is 81.2 cm³/mol. The van der Waals surface area contributed by atoms with Gasteiger partial charge < -0.3 is 20.0 Å². The van der Waals surface area contributed by atoms with E-state index < -0.39 is 23.4 Å². The fraction of sp³-hybridized carbons (Fsp3) is 0.375. The van der Waals surface area contributed by atoms with E-state index in [-0.39, 0.29) is 17.7 Å². The van der Waals surface area contributed by atoms with Gasteiger partial charge in [-0.15, -0.1) is 0 Å². The molecule has 2 aromatic rings. The van der Waals surface area contributed by atoms with Crippen molar-refractivity contribution >= 4 is 5.97 Å². The average Bonchev–Trinajstić information content (AvgIpc) is 2.84. The van der Waals surface area contributed by atoms with Crippen molar-refractivity contribution in [2.45, 2.75) is 24.9 Å². The Morgan fingerprint density at radius 2 is 2.13 bits per heavy atom. The highest BCUT2D eigenvalue weighted by Crippen LogP contribution is 2.44. The Hall–Kier alpha value is -2.54. The van der Waals surface area contributed by atoms with Crippen molar-refractivity contribution in [3.05, 3.63) is 51.4 Å². The van der Waals surface area contributed by atoms with Crippen molar-refractivity contribution in [1.82, 2.24) is 10.2 Å². The largest absolute Gasteiger partial charge is 0.508 e. The van der Waals surface area contributed by atoms with Crippen LogP contribution in [0.4, 0.5) is 0 Å². The molecule has 0 spiro atoms. The third-order valence-corrected chi connectivity index (χ3v) is 4.43. The van der Waals surface area contributed by atoms with Crippen LogP contribution in [0.15, 0.2) is 29.1 Å². The fourth-order valence-electron chi connectivity index (χ4n) is 3.46. The zero-order chi connectivity index (χ0) is 16.8. The maximum atomic E-state index is 12.3. The van der Waals surface area contributed by atoms with Crippen molar-refractivity contribution < 1.29 is 19.7 Å². The summed E-state index contributed by atoms with van der Waals surface area (Å²) in [4.78, 5) is 24.5. The highest BCUT2D eigenvalue weighted by atomic mass is 16.5. The standard InChI is InChI=1S/C16H18N2O5/c1-16(22)7-10-12(14(20)18-17-10)11(13(16)15(21)23-2)8-4-3-5-9(19)6-8/h3-6,11,13,19,22H,7H2,1-2H3,(H2,17,18,20). The number of carbonyl (C=O) groups excluding carboxylic acids is 1. The molecule has 3 atom stereocenters. The Kier molecular flexibility index (Phi) is 3.52. The number of aliphatic hydroxyl groups is 1. The number of aromatic amines is 2. The van der Waals surface area contributed by atoms with Gasteiger partial charge in [-0.2, -0.15) is 0 Å². The molecule has 1 aromatic heterocycles. The van der Waals surface area contributed by atoms with Crippen molar-refractivity contribution in [3.8, 4) is 5.75 Å². The molecule has 4 N–H and O–H groups in total. The summed E-state index contributed by atoms with van der Waals surface area (Å²) < 4.78 is 4.85. The minimum absolute atomic E-state index is 0.0184. The number of aromatic hydroxyl groups is 1. The van der Waals surface area contributed by atoms with Crippen LogP contribution in [0.1, 0.15) is 29.7 Å². The van der Waals surface area contributed by atoms with Crippen LogP contribution in [0.3, 0.4) is 0 Å². The molecule has 0 amide bonds. The van der Waals surface area contributed by atoms with Gasteiger partial charge in [0.15, 0.2) is 0 Å². The van der Waals surface area contributed by atoms with E-state index in [0.29, 0.717) is 16.8 Å². The number of esters is 1. The van der Waals surface area contributed by atoms with Crippen LogP contribution in [0.5, 0.6) is 5.75 Å². The number of ether oxygens (including phenoxy) is 1. The summed E-state index contributed by atoms with van der Waals surface area (Å²) in [6, 6.07) is 6.32. The molecule has 122 valence electrons. The van der Waals surface area contributed by atoms with Crippen LogP contribution >= 0.6 is 0 Å². The van der Waals surface area contributed by atoms with E-state index in [0.717, 1.165) is 0 Å². The number of nitrogens with one attached hydrogen (secondary N) is 2. The molecule has 1 aliphatic rings. The van der Waals surface area contributed by atoms with E-state index in [4.69, 9.17) is 4.74 Å². The summed E-state index contributed by atoms with van der Waals surface area (Å²) in [7, 11) is 1.24. The summed E-state index contributed by atoms with van der Waals surface area (Å²) in [5, 5.41) is 25.8. The molecule has 0 saturated carbocycles. The van der Waals surface area contributed by atoms with E-state index in [1.807, 2.05) is 0 Å². The molecule has 3 unspecified atom stereocenters. The number of methoxy groups -OCH3 is 1. The smallest absolute Gasteiger partial charge is 0.312 e. The second-order valence-electron chi connectivity index (χ2n) is 6.08. The van der Waals surface area contributed by atoms with Gasteiger partial charge in [0.25, 0.3) is 5.56 Å². The lowest BCUT2D eigenvalue weighted by Gasteiger charge is -2.40. The molecule has 0 radical (unpaired) electrons. The molecule has 3 rings (SSSR count). The first-order valence-corrected chi connectivity index (χ1v) is 7.23. The molecule has 0 bridgehead atoms. The van der Waals surface area contributed by atoms with Gasteiger partial charge in [0, 0.05) is 23.6 Å². The Balaban J connectivity index is 2.26. The number of aromatic nitrogens is 2. The lowest BCUT2D eigenvalue weighted by molar-refractivity contribution is -0.156. The van der Waals surface area contributed by atoms with Gasteiger partial charge in [0.05, 0.1) is 18.6 Å². The van der Waals surface area contributed by atoms with Crippen molar-refractivity contribution in [2.75, 3.05) is 7.11 Å². The molecule has 0 saturated heterocycles. The van der Waals surface area contributed by atoms with E-state index in [1.54, 1.807) is 19.1 Å². The van der Waals surface area contributed by atoms with Gasteiger partial charge >= 0.3 is 5.97 Å². The van der Waals surface area contributed by atoms with Gasteiger partial charge in [0.1, 0.15) is 5.75 Å². The molecular formula is C16H18N2O5. The van der Waals surface area contributed by atoms with E-state index >= 15 is 0 Å². The average molecular weight is 318 g/mol. The summed E-state index contributed by atoms with van der Waals surface area (Å²) in [6.07, 6.45) is 0.121. The fourth-order valence-corrected chi connectivity index (χ4v) is 3.46. The highest BCUT2D eigenvalue weighted by Gasteiger charge is 2.51. The Bertz CT molecular complexity index is 805. The number of phenols is 1. The molecular weight excluding hydrogens is 300 g/mol. The predicted octanol–water partition coefficient (Wildman–Crippen LogP) is 0.637. The quantitative estimate of drug-likeness (QED) is 0.606. The second-order valence-corrected chi connectivity index (χ2v) is 6.08. The van der Waals surface area contributed by atoms with Crippen LogP contribution < -0.4 is 5.56 Å². The van der Waals surface area contributed by atoms with Crippen LogP contribution in [0.25, 0.3) is 0 Å². The first-order valence-electron chi connectivity index (χ1n) is 7.23. The number of fused-ring (bicyclic) bond motifs is 1. The number of hydrogen-bond donors (Lipinski definition) is 4. The maximum absolute atomic E-state index is 12.3. The molecule has 7 nitrogen and oxygen atoms in total. The lowest BCUT2D eigenvalue weighted by atomic mass is 9.66. The Morgan fingerprint density at radius 1 is 1.39 bits per heavy atom. The van der Waals surface area contributed by atoms with Crippen molar-refractivity contribution in [3.63, 3.8) is 0 Å². The summed E-state index contributed by atoms with van der Waals surface area (Å²) in [5.74, 6) is -2.26. The van der Waals surface area contributed by atoms with Gasteiger partial charge in [-0.05, 0) is 24.6 Å². The third-order valence-electron chi connectivity index (χ3n) is 4.43. The topological polar surface area (TPSA) is 115 Å². The zero-order valence-electron chi connectivity index (χ0n) is 12.8. The van der Waals surface area contributed by atoms with Crippen LogP contribution in [-0.4, -0.2) is 39.1 Å².